The molecule has 0 aromatic heterocycles. The molecule has 4 amide bonds. The first-order valence-electron chi connectivity index (χ1n) is 10.1. The smallest absolute Gasteiger partial charge is 0.335 e. The van der Waals surface area contributed by atoms with Crippen LogP contribution in [0, 0.1) is 0 Å². The largest absolute Gasteiger partial charge is 0.487 e. The molecule has 0 aliphatic carbocycles. The van der Waals surface area contributed by atoms with Crippen LogP contribution in [0.25, 0.3) is 6.08 Å². The van der Waals surface area contributed by atoms with Gasteiger partial charge in [-0.05, 0) is 65.7 Å². The number of benzene rings is 3. The maximum absolute atomic E-state index is 13.0. The first-order chi connectivity index (χ1) is 16.7. The van der Waals surface area contributed by atoms with Crippen molar-refractivity contribution in [3.05, 3.63) is 99.0 Å². The van der Waals surface area contributed by atoms with Gasteiger partial charge in [0.15, 0.2) is 0 Å². The van der Waals surface area contributed by atoms with E-state index >= 15 is 0 Å². The number of nitrogens with one attached hydrogen (secondary N) is 1. The van der Waals surface area contributed by atoms with Crippen LogP contribution in [0.15, 0.2) is 72.3 Å². The summed E-state index contributed by atoms with van der Waals surface area (Å²) in [5, 5.41) is 11.9. The van der Waals surface area contributed by atoms with Gasteiger partial charge in [0.2, 0.25) is 0 Å². The molecule has 3 aromatic carbocycles. The number of carboxylic acid groups (broad SMARTS) is 1. The number of carboxylic acids is 1. The summed E-state index contributed by atoms with van der Waals surface area (Å²) in [5.41, 5.74) is 1.21. The van der Waals surface area contributed by atoms with Crippen LogP contribution < -0.4 is 15.0 Å². The van der Waals surface area contributed by atoms with Crippen molar-refractivity contribution >= 4 is 58.8 Å². The van der Waals surface area contributed by atoms with E-state index in [2.05, 4.69) is 5.32 Å². The van der Waals surface area contributed by atoms with Crippen molar-refractivity contribution in [2.75, 3.05) is 4.90 Å². The van der Waals surface area contributed by atoms with E-state index in [0.29, 0.717) is 21.9 Å². The van der Waals surface area contributed by atoms with Gasteiger partial charge in [0, 0.05) is 5.02 Å². The van der Waals surface area contributed by atoms with Gasteiger partial charge in [0.1, 0.15) is 17.9 Å². The van der Waals surface area contributed by atoms with Crippen LogP contribution >= 0.6 is 23.2 Å². The molecule has 0 spiro atoms. The molecule has 2 N–H and O–H groups in total. The predicted molar refractivity (Wildman–Crippen MR) is 130 cm³/mol. The Morgan fingerprint density at radius 2 is 1.74 bits per heavy atom. The van der Waals surface area contributed by atoms with Gasteiger partial charge >= 0.3 is 12.0 Å². The molecule has 35 heavy (non-hydrogen) atoms. The predicted octanol–water partition coefficient (Wildman–Crippen LogP) is 4.94. The number of ether oxygens (including phenoxy) is 1. The van der Waals surface area contributed by atoms with Crippen molar-refractivity contribution < 1.29 is 29.0 Å². The molecule has 0 saturated carbocycles. The number of nitrogens with zero attached hydrogens (tertiary/aromatic N) is 1. The zero-order valence-corrected chi connectivity index (χ0v) is 19.3. The summed E-state index contributed by atoms with van der Waals surface area (Å²) in [4.78, 5) is 49.6. The van der Waals surface area contributed by atoms with Crippen LogP contribution in [0.3, 0.4) is 0 Å². The lowest BCUT2D eigenvalue weighted by molar-refractivity contribution is -0.122. The molecule has 0 unspecified atom stereocenters. The van der Waals surface area contributed by atoms with Crippen LogP contribution in [0.2, 0.25) is 10.0 Å². The quantitative estimate of drug-likeness (QED) is 0.358. The number of imide groups is 2. The summed E-state index contributed by atoms with van der Waals surface area (Å²) >= 11 is 12.2. The van der Waals surface area contributed by atoms with Crippen LogP contribution in [-0.4, -0.2) is 28.9 Å². The molecule has 1 fully saturated rings. The highest BCUT2D eigenvalue weighted by Crippen LogP contribution is 2.29. The second-order valence-corrected chi connectivity index (χ2v) is 8.26. The summed E-state index contributed by atoms with van der Waals surface area (Å²) in [6.45, 7) is 0.0837. The van der Waals surface area contributed by atoms with Crippen molar-refractivity contribution in [2.45, 2.75) is 6.61 Å². The topological polar surface area (TPSA) is 113 Å². The Kier molecular flexibility index (Phi) is 6.86. The minimum atomic E-state index is -1.04. The van der Waals surface area contributed by atoms with Gasteiger partial charge < -0.3 is 9.84 Å². The average molecular weight is 511 g/mol. The summed E-state index contributed by atoms with van der Waals surface area (Å²) in [5.74, 6) is -2.34. The van der Waals surface area contributed by atoms with Gasteiger partial charge in [0.05, 0.1) is 16.3 Å². The number of hydrogen-bond donors (Lipinski definition) is 2. The van der Waals surface area contributed by atoms with Gasteiger partial charge in [-0.15, -0.1) is 0 Å². The van der Waals surface area contributed by atoms with Crippen LogP contribution in [-0.2, 0) is 16.2 Å². The lowest BCUT2D eigenvalue weighted by atomic mass is 10.1. The molecule has 0 bridgehead atoms. The molecule has 1 aliphatic heterocycles. The number of amides is 4. The van der Waals surface area contributed by atoms with E-state index in [1.807, 2.05) is 0 Å². The monoisotopic (exact) mass is 510 g/mol. The number of carbonyl (C=O) groups is 4. The lowest BCUT2D eigenvalue weighted by Crippen LogP contribution is -2.54. The summed E-state index contributed by atoms with van der Waals surface area (Å²) < 4.78 is 5.69. The highest BCUT2D eigenvalue weighted by molar-refractivity contribution is 6.39. The molecule has 8 nitrogen and oxygen atoms in total. The molecular formula is C25H16Cl2N2O6. The lowest BCUT2D eigenvalue weighted by Gasteiger charge is -2.26. The Hall–Kier alpha value is -4.14. The zero-order chi connectivity index (χ0) is 25.1. The third-order valence-electron chi connectivity index (χ3n) is 5.02. The van der Waals surface area contributed by atoms with Crippen LogP contribution in [0.1, 0.15) is 21.5 Å². The molecule has 1 saturated heterocycles. The van der Waals surface area contributed by atoms with E-state index in [0.717, 1.165) is 4.90 Å². The van der Waals surface area contributed by atoms with Crippen LogP contribution in [0.4, 0.5) is 10.5 Å². The molecule has 10 heteroatoms. The molecule has 3 aromatic rings. The second kappa shape index (κ2) is 10.0. The SMILES string of the molecule is O=C1NC(=O)N(c2ccc(Cl)cc2)C(=O)C1=Cc1ccc(OCc2cccc(C(=O)O)c2)c(Cl)c1. The first kappa shape index (κ1) is 24.0. The van der Waals surface area contributed by atoms with Crippen molar-refractivity contribution in [1.29, 1.82) is 0 Å². The number of halogens is 2. The first-order valence-corrected chi connectivity index (χ1v) is 10.9. The Bertz CT molecular complexity index is 1380. The van der Waals surface area contributed by atoms with Crippen molar-refractivity contribution in [2.24, 2.45) is 0 Å². The molecule has 0 atom stereocenters. The fourth-order valence-electron chi connectivity index (χ4n) is 3.33. The van der Waals surface area contributed by atoms with Crippen molar-refractivity contribution in [1.82, 2.24) is 5.32 Å². The van der Waals surface area contributed by atoms with E-state index in [9.17, 15) is 19.2 Å². The Morgan fingerprint density at radius 3 is 2.43 bits per heavy atom. The number of barbiturate groups is 1. The van der Waals surface area contributed by atoms with E-state index < -0.39 is 23.8 Å². The number of anilines is 1. The second-order valence-electron chi connectivity index (χ2n) is 7.42. The zero-order valence-electron chi connectivity index (χ0n) is 17.8. The highest BCUT2D eigenvalue weighted by Gasteiger charge is 2.36. The number of carbonyl (C=O) groups excluding carboxylic acids is 3. The van der Waals surface area contributed by atoms with Gasteiger partial charge in [0.25, 0.3) is 11.8 Å². The fraction of sp³-hybridized carbons (Fsp3) is 0.0400. The maximum Gasteiger partial charge on any atom is 0.335 e. The van der Waals surface area contributed by atoms with Gasteiger partial charge in [-0.25, -0.2) is 14.5 Å². The molecule has 0 radical (unpaired) electrons. The van der Waals surface area contributed by atoms with E-state index in [1.165, 1.54) is 48.5 Å². The van der Waals surface area contributed by atoms with E-state index in [4.69, 9.17) is 33.0 Å². The number of aromatic carboxylic acids is 1. The fourth-order valence-corrected chi connectivity index (χ4v) is 3.70. The Labute approximate surface area is 209 Å². The summed E-state index contributed by atoms with van der Waals surface area (Å²) in [6, 6.07) is 16.1. The third-order valence-corrected chi connectivity index (χ3v) is 5.57. The average Bonchev–Trinajstić information content (AvgIpc) is 2.82. The van der Waals surface area contributed by atoms with E-state index in [1.54, 1.807) is 24.3 Å². The standard InChI is InChI=1S/C25H16Cl2N2O6/c26-17-5-7-18(8-6-17)29-23(31)19(22(30)28-25(29)34)11-14-4-9-21(20(27)12-14)35-13-15-2-1-3-16(10-15)24(32)33/h1-12H,13H2,(H,32,33)(H,28,30,34). The number of hydrogen-bond acceptors (Lipinski definition) is 5. The highest BCUT2D eigenvalue weighted by atomic mass is 35.5. The van der Waals surface area contributed by atoms with Crippen molar-refractivity contribution in [3.63, 3.8) is 0 Å². The minimum absolute atomic E-state index is 0.0837. The van der Waals surface area contributed by atoms with Crippen molar-refractivity contribution in [3.8, 4) is 5.75 Å². The van der Waals surface area contributed by atoms with Gasteiger partial charge in [-0.2, -0.15) is 0 Å². The maximum atomic E-state index is 13.0. The summed E-state index contributed by atoms with van der Waals surface area (Å²) in [7, 11) is 0. The number of urea groups is 1. The van der Waals surface area contributed by atoms with Gasteiger partial charge in [-0.1, -0.05) is 41.4 Å². The molecular weight excluding hydrogens is 495 g/mol. The van der Waals surface area contributed by atoms with Gasteiger partial charge in [-0.3, -0.25) is 14.9 Å². The van der Waals surface area contributed by atoms with Crippen LogP contribution in [0.5, 0.6) is 5.75 Å². The minimum Gasteiger partial charge on any atom is -0.487 e. The molecule has 4 rings (SSSR count). The summed E-state index contributed by atoms with van der Waals surface area (Å²) in [6.07, 6.45) is 1.32. The molecule has 1 heterocycles. The molecule has 1 aliphatic rings. The number of rotatable bonds is 6. The normalized spacial score (nSPS) is 14.7. The third kappa shape index (κ3) is 5.34. The Balaban J connectivity index is 1.54. The van der Waals surface area contributed by atoms with E-state index in [-0.39, 0.29) is 28.5 Å². The molecule has 176 valence electrons. The Morgan fingerprint density at radius 1 is 1.00 bits per heavy atom.